The number of rotatable bonds is 9. The zero-order valence-corrected chi connectivity index (χ0v) is 21.5. The number of amides is 2. The Kier molecular flexibility index (Phi) is 8.94. The van der Waals surface area contributed by atoms with Crippen LogP contribution >= 0.6 is 11.6 Å². The molecule has 0 radical (unpaired) electrons. The summed E-state index contributed by atoms with van der Waals surface area (Å²) in [5.41, 5.74) is 2.27. The van der Waals surface area contributed by atoms with Gasteiger partial charge in [-0.2, -0.15) is 0 Å². The molecule has 0 aliphatic heterocycles. The van der Waals surface area contributed by atoms with Gasteiger partial charge in [0.2, 0.25) is 11.8 Å². The molecule has 1 N–H and O–H groups in total. The molecule has 0 saturated carbocycles. The summed E-state index contributed by atoms with van der Waals surface area (Å²) in [6.45, 7) is 6.09. The zero-order chi connectivity index (χ0) is 25.4. The largest absolute Gasteiger partial charge is 0.497 e. The number of benzene rings is 3. The Morgan fingerprint density at radius 1 is 0.914 bits per heavy atom. The summed E-state index contributed by atoms with van der Waals surface area (Å²) in [4.78, 5) is 29.0. The van der Waals surface area contributed by atoms with Crippen molar-refractivity contribution < 1.29 is 14.3 Å². The van der Waals surface area contributed by atoms with Crippen molar-refractivity contribution in [2.75, 3.05) is 7.11 Å². The molecule has 6 heteroatoms. The Morgan fingerprint density at radius 3 is 2.20 bits per heavy atom. The minimum absolute atomic E-state index is 0.139. The fraction of sp³-hybridized carbons (Fsp3) is 0.310. The van der Waals surface area contributed by atoms with Crippen LogP contribution in [0.3, 0.4) is 0 Å². The van der Waals surface area contributed by atoms with Gasteiger partial charge >= 0.3 is 0 Å². The number of ether oxygens (including phenoxy) is 1. The molecule has 5 nitrogen and oxygen atoms in total. The summed E-state index contributed by atoms with van der Waals surface area (Å²) in [7, 11) is 1.61. The van der Waals surface area contributed by atoms with Crippen LogP contribution in [-0.2, 0) is 29.0 Å². The number of nitrogens with zero attached hydrogens (tertiary/aromatic N) is 1. The molecule has 0 saturated heterocycles. The zero-order valence-electron chi connectivity index (χ0n) is 20.8. The van der Waals surface area contributed by atoms with Crippen LogP contribution in [0.25, 0.3) is 0 Å². The van der Waals surface area contributed by atoms with Gasteiger partial charge in [-0.25, -0.2) is 0 Å². The number of methoxy groups -OCH3 is 1. The van der Waals surface area contributed by atoms with Crippen molar-refractivity contribution in [3.8, 4) is 5.75 Å². The number of carbonyl (C=O) groups excluding carboxylic acids is 2. The standard InChI is InChI=1S/C29H33ClN2O3/c1-29(2,3)31-28(34)26(18-21-9-6-5-7-10-21)32(20-23-11-8-12-25(17-23)35-4)27(33)19-22-13-15-24(30)16-14-22/h5-17,26H,18-20H2,1-4H3,(H,31,34)/t26-/m0/s1. The molecule has 0 spiro atoms. The second-order valence-corrected chi connectivity index (χ2v) is 10.1. The first-order valence-electron chi connectivity index (χ1n) is 11.7. The van der Waals surface area contributed by atoms with Gasteiger partial charge in [-0.05, 0) is 61.7 Å². The summed E-state index contributed by atoms with van der Waals surface area (Å²) < 4.78 is 5.38. The third-order valence-corrected chi connectivity index (χ3v) is 5.78. The maximum atomic E-state index is 13.7. The van der Waals surface area contributed by atoms with Gasteiger partial charge in [0.15, 0.2) is 0 Å². The smallest absolute Gasteiger partial charge is 0.243 e. The molecule has 2 amide bonds. The molecule has 0 heterocycles. The lowest BCUT2D eigenvalue weighted by Gasteiger charge is -2.34. The normalized spacial score (nSPS) is 12.0. The SMILES string of the molecule is COc1cccc(CN(C(=O)Cc2ccc(Cl)cc2)[C@@H](Cc2ccccc2)C(=O)NC(C)(C)C)c1. The lowest BCUT2D eigenvalue weighted by Crippen LogP contribution is -2.54. The Labute approximate surface area is 213 Å². The van der Waals surface area contributed by atoms with E-state index in [1.165, 1.54) is 0 Å². The molecule has 0 aliphatic carbocycles. The lowest BCUT2D eigenvalue weighted by atomic mass is 10.00. The van der Waals surface area contributed by atoms with E-state index in [9.17, 15) is 9.59 Å². The van der Waals surface area contributed by atoms with Gasteiger partial charge < -0.3 is 15.0 Å². The molecule has 1 atom stereocenters. The van der Waals surface area contributed by atoms with E-state index in [4.69, 9.17) is 16.3 Å². The number of halogens is 1. The van der Waals surface area contributed by atoms with E-state index in [1.54, 1.807) is 24.1 Å². The molecule has 184 valence electrons. The molecule has 0 aliphatic rings. The van der Waals surface area contributed by atoms with E-state index >= 15 is 0 Å². The molecule has 0 fully saturated rings. The van der Waals surface area contributed by atoms with Gasteiger partial charge in [0.05, 0.1) is 13.5 Å². The van der Waals surface area contributed by atoms with Gasteiger partial charge in [-0.3, -0.25) is 9.59 Å². The van der Waals surface area contributed by atoms with Crippen molar-refractivity contribution in [1.82, 2.24) is 10.2 Å². The third kappa shape index (κ3) is 8.15. The Bertz CT molecular complexity index is 1120. The highest BCUT2D eigenvalue weighted by atomic mass is 35.5. The predicted octanol–water partition coefficient (Wildman–Crippen LogP) is 5.45. The topological polar surface area (TPSA) is 58.6 Å². The van der Waals surface area contributed by atoms with Crippen LogP contribution in [0.15, 0.2) is 78.9 Å². The van der Waals surface area contributed by atoms with E-state index in [2.05, 4.69) is 5.32 Å². The van der Waals surface area contributed by atoms with Crippen LogP contribution in [0.1, 0.15) is 37.5 Å². The summed E-state index contributed by atoms with van der Waals surface area (Å²) in [6.07, 6.45) is 0.564. The molecule has 3 rings (SSSR count). The minimum Gasteiger partial charge on any atom is -0.497 e. The molecular formula is C29H33ClN2O3. The van der Waals surface area contributed by atoms with E-state index < -0.39 is 11.6 Å². The van der Waals surface area contributed by atoms with Gasteiger partial charge in [0, 0.05) is 23.5 Å². The van der Waals surface area contributed by atoms with Crippen LogP contribution in [-0.4, -0.2) is 35.4 Å². The summed E-state index contributed by atoms with van der Waals surface area (Å²) in [5, 5.41) is 3.69. The molecule has 3 aromatic carbocycles. The average Bonchev–Trinajstić information content (AvgIpc) is 2.82. The first kappa shape index (κ1) is 26.3. The maximum Gasteiger partial charge on any atom is 0.243 e. The third-order valence-electron chi connectivity index (χ3n) is 5.52. The number of hydrogen-bond acceptors (Lipinski definition) is 3. The van der Waals surface area contributed by atoms with Gasteiger partial charge in [-0.15, -0.1) is 0 Å². The Morgan fingerprint density at radius 2 is 1.57 bits per heavy atom. The quantitative estimate of drug-likeness (QED) is 0.432. The molecular weight excluding hydrogens is 460 g/mol. The Hall–Kier alpha value is -3.31. The van der Waals surface area contributed by atoms with E-state index in [0.717, 1.165) is 16.7 Å². The van der Waals surface area contributed by atoms with Crippen molar-refractivity contribution >= 4 is 23.4 Å². The molecule has 35 heavy (non-hydrogen) atoms. The fourth-order valence-corrected chi connectivity index (χ4v) is 3.98. The molecule has 3 aromatic rings. The highest BCUT2D eigenvalue weighted by Crippen LogP contribution is 2.20. The number of carbonyl (C=O) groups is 2. The highest BCUT2D eigenvalue weighted by Gasteiger charge is 2.32. The van der Waals surface area contributed by atoms with Crippen molar-refractivity contribution in [3.63, 3.8) is 0 Å². The highest BCUT2D eigenvalue weighted by molar-refractivity contribution is 6.30. The lowest BCUT2D eigenvalue weighted by molar-refractivity contribution is -0.141. The first-order chi connectivity index (χ1) is 16.6. The van der Waals surface area contributed by atoms with Crippen molar-refractivity contribution in [2.24, 2.45) is 0 Å². The monoisotopic (exact) mass is 492 g/mol. The first-order valence-corrected chi connectivity index (χ1v) is 12.1. The van der Waals surface area contributed by atoms with Gasteiger partial charge in [0.25, 0.3) is 0 Å². The number of nitrogens with one attached hydrogen (secondary N) is 1. The van der Waals surface area contributed by atoms with Crippen LogP contribution in [0.5, 0.6) is 5.75 Å². The van der Waals surface area contributed by atoms with E-state index in [-0.39, 0.29) is 24.8 Å². The van der Waals surface area contributed by atoms with Crippen LogP contribution in [0, 0.1) is 0 Å². The van der Waals surface area contributed by atoms with E-state index in [1.807, 2.05) is 87.5 Å². The second kappa shape index (κ2) is 11.9. The molecule has 0 unspecified atom stereocenters. The Balaban J connectivity index is 1.99. The van der Waals surface area contributed by atoms with Crippen molar-refractivity contribution in [3.05, 3.63) is 101 Å². The average molecular weight is 493 g/mol. The summed E-state index contributed by atoms with van der Waals surface area (Å²) in [6, 6.07) is 23.9. The second-order valence-electron chi connectivity index (χ2n) is 9.62. The summed E-state index contributed by atoms with van der Waals surface area (Å²) in [5.74, 6) is 0.375. The van der Waals surface area contributed by atoms with Gasteiger partial charge in [-0.1, -0.05) is 66.2 Å². The van der Waals surface area contributed by atoms with Gasteiger partial charge in [0.1, 0.15) is 11.8 Å². The van der Waals surface area contributed by atoms with Crippen LogP contribution in [0.4, 0.5) is 0 Å². The van der Waals surface area contributed by atoms with Crippen molar-refractivity contribution in [2.45, 2.75) is 51.7 Å². The van der Waals surface area contributed by atoms with Crippen LogP contribution in [0.2, 0.25) is 5.02 Å². The minimum atomic E-state index is -0.692. The van der Waals surface area contributed by atoms with Crippen LogP contribution < -0.4 is 10.1 Å². The van der Waals surface area contributed by atoms with E-state index in [0.29, 0.717) is 17.2 Å². The maximum absolute atomic E-state index is 13.7. The fourth-order valence-electron chi connectivity index (χ4n) is 3.85. The molecule has 0 bridgehead atoms. The predicted molar refractivity (Wildman–Crippen MR) is 141 cm³/mol. The van der Waals surface area contributed by atoms with Crippen molar-refractivity contribution in [1.29, 1.82) is 0 Å². The molecule has 0 aromatic heterocycles. The summed E-state index contributed by atoms with van der Waals surface area (Å²) >= 11 is 6.03. The number of hydrogen-bond donors (Lipinski definition) is 1.